The molecule has 158 valence electrons. The molecule has 1 aromatic carbocycles. The second-order valence-electron chi connectivity index (χ2n) is 9.30. The fraction of sp³-hybridized carbons (Fsp3) is 0.407. The summed E-state index contributed by atoms with van der Waals surface area (Å²) in [4.78, 5) is 12.4. The van der Waals surface area contributed by atoms with Crippen molar-refractivity contribution in [3.63, 3.8) is 0 Å². The third-order valence-corrected chi connectivity index (χ3v) is 7.99. The maximum atomic E-state index is 6.06. The lowest BCUT2D eigenvalue weighted by Crippen LogP contribution is -2.43. The fourth-order valence-electron chi connectivity index (χ4n) is 6.28. The first kappa shape index (κ1) is 19.0. The van der Waals surface area contributed by atoms with Gasteiger partial charge in [-0.15, -0.1) is 0 Å². The van der Waals surface area contributed by atoms with Gasteiger partial charge in [-0.2, -0.15) is 0 Å². The number of fused-ring (bicyclic) bond motifs is 9. The number of allylic oxidation sites excluding steroid dienone is 1. The number of ether oxygens (including phenoxy) is 1. The topological polar surface area (TPSA) is 41.0 Å². The highest BCUT2D eigenvalue weighted by Crippen LogP contribution is 2.67. The minimum atomic E-state index is -0.413. The van der Waals surface area contributed by atoms with Gasteiger partial charge < -0.3 is 9.64 Å². The Morgan fingerprint density at radius 1 is 1.10 bits per heavy atom. The molecule has 4 unspecified atom stereocenters. The quantitative estimate of drug-likeness (QED) is 0.572. The van der Waals surface area contributed by atoms with Crippen molar-refractivity contribution in [2.24, 2.45) is 22.2 Å². The third-order valence-electron chi connectivity index (χ3n) is 7.99. The van der Waals surface area contributed by atoms with Crippen LogP contribution in [0.25, 0.3) is 5.57 Å². The van der Waals surface area contributed by atoms with Gasteiger partial charge in [0.15, 0.2) is 0 Å². The van der Waals surface area contributed by atoms with E-state index in [2.05, 4.69) is 61.3 Å². The van der Waals surface area contributed by atoms with Gasteiger partial charge in [-0.3, -0.25) is 4.98 Å². The average molecular weight is 412 g/mol. The summed E-state index contributed by atoms with van der Waals surface area (Å²) in [5, 5.41) is 0. The summed E-state index contributed by atoms with van der Waals surface area (Å²) in [7, 11) is 0. The third kappa shape index (κ3) is 2.34. The van der Waals surface area contributed by atoms with E-state index in [1.165, 1.54) is 35.2 Å². The molecular weight excluding hydrogens is 382 g/mol. The van der Waals surface area contributed by atoms with Crippen LogP contribution in [0.15, 0.2) is 71.1 Å². The number of epoxide rings is 1. The van der Waals surface area contributed by atoms with E-state index < -0.39 is 5.72 Å². The molecule has 4 heterocycles. The normalized spacial score (nSPS) is 33.7. The van der Waals surface area contributed by atoms with Crippen molar-refractivity contribution in [1.29, 1.82) is 0 Å². The lowest BCUT2D eigenvalue weighted by atomic mass is 9.78. The Morgan fingerprint density at radius 3 is 2.61 bits per heavy atom. The van der Waals surface area contributed by atoms with Crippen LogP contribution in [0.5, 0.6) is 0 Å². The summed E-state index contributed by atoms with van der Waals surface area (Å²) in [5.74, 6) is 2.23. The highest BCUT2D eigenvalue weighted by molar-refractivity contribution is 6.09. The van der Waals surface area contributed by atoms with Crippen molar-refractivity contribution in [2.45, 2.75) is 46.3 Å². The van der Waals surface area contributed by atoms with E-state index in [1.807, 2.05) is 26.1 Å². The molecule has 4 nitrogen and oxygen atoms in total. The molecule has 2 aromatic rings. The van der Waals surface area contributed by atoms with Crippen LogP contribution in [-0.2, 0) is 4.74 Å². The number of pyridine rings is 1. The number of nitrogens with zero attached hydrogens (tertiary/aromatic N) is 3. The highest BCUT2D eigenvalue weighted by atomic mass is 16.6. The first-order chi connectivity index (χ1) is 15.1. The van der Waals surface area contributed by atoms with Crippen LogP contribution in [0.2, 0.25) is 0 Å². The van der Waals surface area contributed by atoms with E-state index >= 15 is 0 Å². The van der Waals surface area contributed by atoms with Gasteiger partial charge in [0, 0.05) is 40.2 Å². The summed E-state index contributed by atoms with van der Waals surface area (Å²) < 4.78 is 6.06. The van der Waals surface area contributed by atoms with E-state index in [0.29, 0.717) is 18.4 Å². The van der Waals surface area contributed by atoms with Crippen LogP contribution >= 0.6 is 0 Å². The molecule has 1 aromatic heterocycles. The standard InChI is InChI=1S/C25H23N3O.C2H6/c1-15-17-10-11-24(15,2)22-20(17)25(14-29-25)27-23-18-9-6-12-26-21(18)19(13-28(22)23)16-7-4-3-5-8-16;1-2/h3-9,12-13,15,17H,10-11,14H2,1-2H3;1-2H3. The summed E-state index contributed by atoms with van der Waals surface area (Å²) in [6.07, 6.45) is 6.66. The maximum absolute atomic E-state index is 6.06. The van der Waals surface area contributed by atoms with Crippen LogP contribution in [0.4, 0.5) is 0 Å². The molecule has 31 heavy (non-hydrogen) atoms. The van der Waals surface area contributed by atoms with Crippen LogP contribution in [-0.4, -0.2) is 28.1 Å². The van der Waals surface area contributed by atoms with Gasteiger partial charge in [-0.25, -0.2) is 4.99 Å². The number of hydrogen-bond donors (Lipinski definition) is 0. The maximum Gasteiger partial charge on any atom is 0.209 e. The number of amidine groups is 1. The lowest BCUT2D eigenvalue weighted by molar-refractivity contribution is 0.276. The predicted octanol–water partition coefficient (Wildman–Crippen LogP) is 5.62. The molecule has 0 amide bonds. The Morgan fingerprint density at radius 2 is 1.87 bits per heavy atom. The molecule has 4 atom stereocenters. The first-order valence-corrected chi connectivity index (χ1v) is 11.6. The summed E-state index contributed by atoms with van der Waals surface area (Å²) in [5.41, 5.74) is 7.15. The minimum Gasteiger partial charge on any atom is -0.342 e. The Balaban J connectivity index is 0.000000902. The average Bonchev–Trinajstić information content (AvgIpc) is 3.48. The van der Waals surface area contributed by atoms with Gasteiger partial charge in [-0.1, -0.05) is 58.0 Å². The number of rotatable bonds is 1. The van der Waals surface area contributed by atoms with E-state index in [0.717, 1.165) is 17.1 Å². The Labute approximate surface area is 184 Å². The van der Waals surface area contributed by atoms with Crippen molar-refractivity contribution >= 4 is 11.4 Å². The summed E-state index contributed by atoms with van der Waals surface area (Å²) >= 11 is 0. The van der Waals surface area contributed by atoms with Gasteiger partial charge in [0.2, 0.25) is 5.72 Å². The van der Waals surface area contributed by atoms with Gasteiger partial charge in [0.1, 0.15) is 12.4 Å². The first-order valence-electron chi connectivity index (χ1n) is 11.6. The monoisotopic (exact) mass is 411 g/mol. The Kier molecular flexibility index (Phi) is 3.92. The van der Waals surface area contributed by atoms with Crippen molar-refractivity contribution in [2.75, 3.05) is 6.61 Å². The van der Waals surface area contributed by atoms with Crippen LogP contribution in [0.3, 0.4) is 0 Å². The molecule has 1 saturated carbocycles. The summed E-state index contributed by atoms with van der Waals surface area (Å²) in [6.45, 7) is 9.59. The van der Waals surface area contributed by atoms with Gasteiger partial charge in [0.05, 0.1) is 5.69 Å². The number of benzene rings is 1. The largest absolute Gasteiger partial charge is 0.342 e. The molecular formula is C27H29N3O. The fourth-order valence-corrected chi connectivity index (χ4v) is 6.28. The second kappa shape index (κ2) is 6.39. The Hall–Kier alpha value is -2.72. The zero-order valence-corrected chi connectivity index (χ0v) is 18.7. The van der Waals surface area contributed by atoms with Crippen molar-refractivity contribution in [3.8, 4) is 0 Å². The molecule has 2 bridgehead atoms. The van der Waals surface area contributed by atoms with Crippen molar-refractivity contribution < 1.29 is 4.74 Å². The summed E-state index contributed by atoms with van der Waals surface area (Å²) in [6, 6.07) is 14.8. The number of aliphatic imine (C=N–C) groups is 1. The van der Waals surface area contributed by atoms with Crippen molar-refractivity contribution in [1.82, 2.24) is 9.88 Å². The SMILES string of the molecule is CC.CC1C2CCC1(C)C1=C2C2(CO2)N=C2c3cccnc3C(c3ccccc3)=CN21. The predicted molar refractivity (Wildman–Crippen MR) is 123 cm³/mol. The zero-order chi connectivity index (χ0) is 21.4. The highest BCUT2D eigenvalue weighted by Gasteiger charge is 2.66. The molecule has 3 aliphatic heterocycles. The molecule has 2 aliphatic carbocycles. The minimum absolute atomic E-state index is 0.179. The van der Waals surface area contributed by atoms with Gasteiger partial charge >= 0.3 is 0 Å². The van der Waals surface area contributed by atoms with E-state index in [9.17, 15) is 0 Å². The lowest BCUT2D eigenvalue weighted by Gasteiger charge is -2.43. The zero-order valence-electron chi connectivity index (χ0n) is 18.7. The molecule has 0 N–H and O–H groups in total. The van der Waals surface area contributed by atoms with Crippen LogP contribution in [0, 0.1) is 17.3 Å². The second-order valence-corrected chi connectivity index (χ2v) is 9.30. The Bertz CT molecular complexity index is 1160. The van der Waals surface area contributed by atoms with Crippen molar-refractivity contribution in [3.05, 3.63) is 83.0 Å². The number of hydrogen-bond acceptors (Lipinski definition) is 4. The molecule has 7 rings (SSSR count). The molecule has 0 radical (unpaired) electrons. The van der Waals surface area contributed by atoms with Gasteiger partial charge in [-0.05, 0) is 42.4 Å². The number of aromatic nitrogens is 1. The molecule has 5 aliphatic rings. The van der Waals surface area contributed by atoms with E-state index in [-0.39, 0.29) is 5.41 Å². The van der Waals surface area contributed by atoms with Crippen LogP contribution in [0.1, 0.15) is 57.4 Å². The van der Waals surface area contributed by atoms with E-state index in [4.69, 9.17) is 14.7 Å². The van der Waals surface area contributed by atoms with E-state index in [1.54, 1.807) is 0 Å². The molecule has 4 heteroatoms. The smallest absolute Gasteiger partial charge is 0.209 e. The van der Waals surface area contributed by atoms with Gasteiger partial charge in [0.25, 0.3) is 0 Å². The molecule has 1 saturated heterocycles. The molecule has 1 spiro atoms. The van der Waals surface area contributed by atoms with Crippen LogP contribution < -0.4 is 0 Å². The molecule has 2 fully saturated rings.